The third kappa shape index (κ3) is 3.13. The zero-order chi connectivity index (χ0) is 13.0. The summed E-state index contributed by atoms with van der Waals surface area (Å²) in [7, 11) is 0. The van der Waals surface area contributed by atoms with Gasteiger partial charge < -0.3 is 0 Å². The highest BCUT2D eigenvalue weighted by Gasteiger charge is 2.09. The summed E-state index contributed by atoms with van der Waals surface area (Å²) >= 11 is 0. The monoisotopic (exact) mass is 244 g/mol. The Balaban J connectivity index is 0.000000917. The molecule has 0 heterocycles. The molecule has 0 spiro atoms. The molecular weight excluding hydrogens is 216 g/mol. The van der Waals surface area contributed by atoms with Crippen LogP contribution in [0.2, 0.25) is 0 Å². The van der Waals surface area contributed by atoms with Crippen LogP contribution in [0.5, 0.6) is 0 Å². The van der Waals surface area contributed by atoms with Crippen LogP contribution in [0.3, 0.4) is 0 Å². The van der Waals surface area contributed by atoms with Crippen LogP contribution < -0.4 is 0 Å². The van der Waals surface area contributed by atoms with Gasteiger partial charge in [-0.1, -0.05) is 65.5 Å². The van der Waals surface area contributed by atoms with Gasteiger partial charge in [-0.25, -0.2) is 0 Å². The van der Waals surface area contributed by atoms with Crippen molar-refractivity contribution < 1.29 is 0 Å². The van der Waals surface area contributed by atoms with E-state index in [0.717, 1.165) is 0 Å². The molecule has 0 saturated carbocycles. The molecule has 0 amide bonds. The van der Waals surface area contributed by atoms with Crippen LogP contribution in [0.1, 0.15) is 57.7 Å². The van der Waals surface area contributed by atoms with E-state index in [2.05, 4.69) is 58.0 Å². The third-order valence-corrected chi connectivity index (χ3v) is 3.08. The van der Waals surface area contributed by atoms with E-state index < -0.39 is 0 Å². The fraction of sp³-hybridized carbons (Fsp3) is 0.444. The van der Waals surface area contributed by atoms with Crippen molar-refractivity contribution >= 4 is 10.8 Å². The van der Waals surface area contributed by atoms with Gasteiger partial charge in [0.25, 0.3) is 0 Å². The number of hydrogen-bond acceptors (Lipinski definition) is 0. The van der Waals surface area contributed by atoms with Crippen LogP contribution in [-0.2, 0) is 0 Å². The van der Waals surface area contributed by atoms with Crippen molar-refractivity contribution in [2.24, 2.45) is 0 Å². The quantitative estimate of drug-likeness (QED) is 0.557. The molecule has 0 heteroatoms. The van der Waals surface area contributed by atoms with Gasteiger partial charge in [-0.05, 0) is 47.2 Å². The molecule has 18 heavy (non-hydrogen) atoms. The van der Waals surface area contributed by atoms with Crippen molar-refractivity contribution in [3.8, 4) is 0 Å². The van der Waals surface area contributed by atoms with Gasteiger partial charge >= 0.3 is 0 Å². The molecular formula is C18H28. The maximum absolute atomic E-state index is 2.30. The summed E-state index contributed by atoms with van der Waals surface area (Å²) < 4.78 is 0. The minimum absolute atomic E-state index is 0. The maximum Gasteiger partial charge on any atom is -0.0144 e. The molecule has 0 saturated heterocycles. The number of aryl methyl sites for hydroxylation is 2. The van der Waals surface area contributed by atoms with E-state index in [1.54, 1.807) is 0 Å². The Morgan fingerprint density at radius 3 is 1.83 bits per heavy atom. The first kappa shape index (κ1) is 16.7. The molecule has 0 unspecified atom stereocenters. The second-order valence-electron chi connectivity index (χ2n) is 4.62. The molecule has 2 aromatic rings. The minimum Gasteiger partial charge on any atom is -0.0776 e. The lowest BCUT2D eigenvalue weighted by atomic mass is 9.89. The summed E-state index contributed by atoms with van der Waals surface area (Å²) in [5, 5.41) is 2.82. The molecule has 0 aliphatic heterocycles. The van der Waals surface area contributed by atoms with Crippen molar-refractivity contribution in [2.75, 3.05) is 0 Å². The molecule has 0 nitrogen and oxygen atoms in total. The lowest BCUT2D eigenvalue weighted by molar-refractivity contribution is 0.866. The van der Waals surface area contributed by atoms with Gasteiger partial charge in [0.15, 0.2) is 0 Å². The van der Waals surface area contributed by atoms with E-state index in [1.807, 2.05) is 13.8 Å². The van der Waals surface area contributed by atoms with Crippen LogP contribution in [0.15, 0.2) is 30.3 Å². The zero-order valence-electron chi connectivity index (χ0n) is 12.0. The van der Waals surface area contributed by atoms with Gasteiger partial charge in [0.05, 0.1) is 0 Å². The molecule has 0 bridgehead atoms. The SMILES string of the molecule is C.CC.Cc1cc(C)c2ccccc2c1C(C)C. The standard InChI is InChI=1S/C15H18.C2H6.CH4/c1-10(2)15-12(4)9-11(3)13-7-5-6-8-14(13)15;1-2;/h5-10H,1-4H3;1-2H3;1H4. The van der Waals surface area contributed by atoms with Crippen LogP contribution in [0.25, 0.3) is 10.8 Å². The molecule has 100 valence electrons. The van der Waals surface area contributed by atoms with Crippen molar-refractivity contribution in [2.45, 2.75) is 54.9 Å². The first-order valence-electron chi connectivity index (χ1n) is 6.60. The molecule has 2 rings (SSSR count). The summed E-state index contributed by atoms with van der Waals surface area (Å²) in [6, 6.07) is 11.0. The average Bonchev–Trinajstić information content (AvgIpc) is 2.31. The second kappa shape index (κ2) is 7.20. The number of benzene rings is 2. The third-order valence-electron chi connectivity index (χ3n) is 3.08. The Bertz CT molecular complexity index is 493. The molecule has 0 N–H and O–H groups in total. The first-order valence-corrected chi connectivity index (χ1v) is 6.60. The predicted octanol–water partition coefficient (Wildman–Crippen LogP) is 6.24. The first-order chi connectivity index (χ1) is 8.11. The summed E-state index contributed by atoms with van der Waals surface area (Å²) in [5.41, 5.74) is 4.30. The Labute approximate surface area is 113 Å². The van der Waals surface area contributed by atoms with Gasteiger partial charge in [-0.2, -0.15) is 0 Å². The van der Waals surface area contributed by atoms with Gasteiger partial charge in [0.1, 0.15) is 0 Å². The Kier molecular flexibility index (Phi) is 6.68. The van der Waals surface area contributed by atoms with Crippen LogP contribution in [0, 0.1) is 13.8 Å². The average molecular weight is 244 g/mol. The number of fused-ring (bicyclic) bond motifs is 1. The molecule has 0 radical (unpaired) electrons. The lowest BCUT2D eigenvalue weighted by Crippen LogP contribution is -1.95. The lowest BCUT2D eigenvalue weighted by Gasteiger charge is -2.15. The van der Waals surface area contributed by atoms with Gasteiger partial charge in [0, 0.05) is 0 Å². The summed E-state index contributed by atoms with van der Waals surface area (Å²) in [6.07, 6.45) is 0. The molecule has 0 aliphatic rings. The van der Waals surface area contributed by atoms with E-state index >= 15 is 0 Å². The number of hydrogen-bond donors (Lipinski definition) is 0. The van der Waals surface area contributed by atoms with E-state index in [4.69, 9.17) is 0 Å². The van der Waals surface area contributed by atoms with Gasteiger partial charge in [-0.15, -0.1) is 0 Å². The fourth-order valence-corrected chi connectivity index (χ4v) is 2.52. The normalized spacial score (nSPS) is 9.72. The molecule has 0 fully saturated rings. The summed E-state index contributed by atoms with van der Waals surface area (Å²) in [6.45, 7) is 12.9. The van der Waals surface area contributed by atoms with Crippen LogP contribution in [0.4, 0.5) is 0 Å². The maximum atomic E-state index is 2.30. The van der Waals surface area contributed by atoms with E-state index in [-0.39, 0.29) is 7.43 Å². The highest BCUT2D eigenvalue weighted by molar-refractivity contribution is 5.90. The van der Waals surface area contributed by atoms with Crippen molar-refractivity contribution in [3.63, 3.8) is 0 Å². The zero-order valence-corrected chi connectivity index (χ0v) is 12.0. The molecule has 0 aliphatic carbocycles. The largest absolute Gasteiger partial charge is 0.0776 e. The molecule has 0 aromatic heterocycles. The minimum atomic E-state index is 0. The van der Waals surface area contributed by atoms with Crippen LogP contribution >= 0.6 is 0 Å². The van der Waals surface area contributed by atoms with Gasteiger partial charge in [-0.3, -0.25) is 0 Å². The summed E-state index contributed by atoms with van der Waals surface area (Å²) in [4.78, 5) is 0. The Morgan fingerprint density at radius 2 is 1.33 bits per heavy atom. The summed E-state index contributed by atoms with van der Waals surface area (Å²) in [5.74, 6) is 0.593. The predicted molar refractivity (Wildman–Crippen MR) is 85.6 cm³/mol. The Hall–Kier alpha value is -1.30. The second-order valence-corrected chi connectivity index (χ2v) is 4.62. The van der Waals surface area contributed by atoms with Crippen molar-refractivity contribution in [1.82, 2.24) is 0 Å². The smallest absolute Gasteiger partial charge is 0.0144 e. The highest BCUT2D eigenvalue weighted by atomic mass is 14.1. The van der Waals surface area contributed by atoms with E-state index in [9.17, 15) is 0 Å². The molecule has 2 aromatic carbocycles. The Morgan fingerprint density at radius 1 is 0.833 bits per heavy atom. The topological polar surface area (TPSA) is 0 Å². The fourth-order valence-electron chi connectivity index (χ4n) is 2.52. The van der Waals surface area contributed by atoms with Crippen molar-refractivity contribution in [3.05, 3.63) is 47.0 Å². The molecule has 0 atom stereocenters. The van der Waals surface area contributed by atoms with Crippen molar-refractivity contribution in [1.29, 1.82) is 0 Å². The van der Waals surface area contributed by atoms with E-state index in [1.165, 1.54) is 27.5 Å². The number of rotatable bonds is 1. The van der Waals surface area contributed by atoms with Gasteiger partial charge in [0.2, 0.25) is 0 Å². The highest BCUT2D eigenvalue weighted by Crippen LogP contribution is 2.30. The van der Waals surface area contributed by atoms with E-state index in [0.29, 0.717) is 5.92 Å². The van der Waals surface area contributed by atoms with Crippen LogP contribution in [-0.4, -0.2) is 0 Å².